The van der Waals surface area contributed by atoms with Crippen molar-refractivity contribution in [1.29, 1.82) is 0 Å². The molecule has 3 atom stereocenters. The molecule has 0 saturated heterocycles. The Hall–Kier alpha value is -2.70. The quantitative estimate of drug-likeness (QED) is 0.327. The van der Waals surface area contributed by atoms with E-state index in [1.165, 1.54) is 29.2 Å². The van der Waals surface area contributed by atoms with Crippen LogP contribution in [0, 0.1) is 3.57 Å². The molecule has 0 radical (unpaired) electrons. The van der Waals surface area contributed by atoms with Gasteiger partial charge >= 0.3 is 5.97 Å². The maximum absolute atomic E-state index is 14.2. The van der Waals surface area contributed by atoms with Gasteiger partial charge in [-0.15, -0.1) is 0 Å². The molecule has 0 aliphatic carbocycles. The van der Waals surface area contributed by atoms with E-state index in [4.69, 9.17) is 23.2 Å². The van der Waals surface area contributed by atoms with E-state index >= 15 is 0 Å². The highest BCUT2D eigenvalue weighted by molar-refractivity contribution is 14.1. The molecule has 1 heterocycles. The minimum atomic E-state index is -1.55. The van der Waals surface area contributed by atoms with Crippen molar-refractivity contribution in [3.05, 3.63) is 97.0 Å². The zero-order chi connectivity index (χ0) is 26.9. The Morgan fingerprint density at radius 2 is 1.57 bits per heavy atom. The van der Waals surface area contributed by atoms with Gasteiger partial charge in [-0.25, -0.2) is 4.79 Å². The molecule has 2 amide bonds. The Labute approximate surface area is 236 Å². The normalized spacial score (nSPS) is 17.3. The lowest BCUT2D eigenvalue weighted by molar-refractivity contribution is -0.144. The molecule has 11 heteroatoms. The highest BCUT2D eigenvalue weighted by atomic mass is 127. The average molecular weight is 655 g/mol. The van der Waals surface area contributed by atoms with E-state index in [1.54, 1.807) is 42.5 Å². The summed E-state index contributed by atoms with van der Waals surface area (Å²) in [6, 6.07) is 14.1. The summed E-state index contributed by atoms with van der Waals surface area (Å²) >= 11 is 14.1. The van der Waals surface area contributed by atoms with Gasteiger partial charge in [0.2, 0.25) is 0 Å². The minimum Gasteiger partial charge on any atom is -0.479 e. The first-order valence-corrected chi connectivity index (χ1v) is 12.9. The molecule has 37 heavy (non-hydrogen) atoms. The first-order chi connectivity index (χ1) is 17.6. The van der Waals surface area contributed by atoms with Gasteiger partial charge in [0, 0.05) is 13.6 Å². The number of carboxylic acids is 1. The summed E-state index contributed by atoms with van der Waals surface area (Å²) in [7, 11) is 0. The molecule has 0 aromatic heterocycles. The first kappa shape index (κ1) is 27.3. The number of aliphatic carboxylic acids is 1. The number of hydrogen-bond acceptors (Lipinski definition) is 5. The number of carbonyl (C=O) groups is 3. The second-order valence-corrected chi connectivity index (χ2v) is 10.5. The average Bonchev–Trinajstić information content (AvgIpc) is 2.95. The summed E-state index contributed by atoms with van der Waals surface area (Å²) in [6.45, 7) is -0.928. The number of halogens is 3. The highest BCUT2D eigenvalue weighted by Crippen LogP contribution is 2.41. The van der Waals surface area contributed by atoms with Crippen LogP contribution in [0.15, 0.2) is 66.7 Å². The zero-order valence-corrected chi connectivity index (χ0v) is 22.8. The van der Waals surface area contributed by atoms with Crippen LogP contribution in [0.1, 0.15) is 33.6 Å². The van der Waals surface area contributed by atoms with Crippen molar-refractivity contribution in [2.45, 2.75) is 18.2 Å². The molecule has 0 fully saturated rings. The van der Waals surface area contributed by atoms with Crippen LogP contribution in [0.4, 0.5) is 5.69 Å². The summed E-state index contributed by atoms with van der Waals surface area (Å²) in [6.07, 6.45) is -1.30. The van der Waals surface area contributed by atoms with E-state index < -0.39 is 42.6 Å². The summed E-state index contributed by atoms with van der Waals surface area (Å²) in [5.74, 6) is -2.69. The number of carbonyl (C=O) groups excluding carboxylic acids is 2. The highest BCUT2D eigenvalue weighted by Gasteiger charge is 2.46. The van der Waals surface area contributed by atoms with Crippen molar-refractivity contribution in [3.63, 3.8) is 0 Å². The van der Waals surface area contributed by atoms with Crippen LogP contribution in [0.3, 0.4) is 0 Å². The van der Waals surface area contributed by atoms with Crippen molar-refractivity contribution >= 4 is 69.3 Å². The van der Waals surface area contributed by atoms with Crippen LogP contribution in [-0.4, -0.2) is 57.3 Å². The van der Waals surface area contributed by atoms with Crippen LogP contribution < -0.4 is 4.90 Å². The number of amides is 2. The van der Waals surface area contributed by atoms with Gasteiger partial charge in [-0.3, -0.25) is 9.59 Å². The number of rotatable bonds is 7. The summed E-state index contributed by atoms with van der Waals surface area (Å²) in [4.78, 5) is 43.3. The summed E-state index contributed by atoms with van der Waals surface area (Å²) < 4.78 is 0.683. The molecule has 2 unspecified atom stereocenters. The molecule has 8 nitrogen and oxygen atoms in total. The molecule has 1 aliphatic rings. The third-order valence-corrected chi connectivity index (χ3v) is 7.16. The minimum absolute atomic E-state index is 0.0852. The lowest BCUT2D eigenvalue weighted by atomic mass is 9.97. The molecule has 3 N–H and O–H groups in total. The van der Waals surface area contributed by atoms with Crippen molar-refractivity contribution in [3.8, 4) is 0 Å². The molecule has 3 aromatic rings. The Morgan fingerprint density at radius 1 is 0.973 bits per heavy atom. The molecule has 1 aliphatic heterocycles. The van der Waals surface area contributed by atoms with Gasteiger partial charge in [0.05, 0.1) is 30.5 Å². The van der Waals surface area contributed by atoms with Crippen LogP contribution >= 0.6 is 45.8 Å². The number of aliphatic hydroxyl groups is 2. The van der Waals surface area contributed by atoms with Crippen LogP contribution in [-0.2, 0) is 9.59 Å². The molecule has 3 aromatic carbocycles. The Bertz CT molecular complexity index is 1340. The van der Waals surface area contributed by atoms with Crippen LogP contribution in [0.2, 0.25) is 10.0 Å². The maximum Gasteiger partial charge on any atom is 0.331 e. The van der Waals surface area contributed by atoms with Gasteiger partial charge in [-0.05, 0) is 76.2 Å². The monoisotopic (exact) mass is 654 g/mol. The van der Waals surface area contributed by atoms with E-state index in [-0.39, 0.29) is 23.4 Å². The van der Waals surface area contributed by atoms with Gasteiger partial charge < -0.3 is 25.1 Å². The SMILES string of the molecule is O=C(O)C(c1ccc(Cl)cc1)N1C(=O)c2cc(I)ccc2N(C[C@@H](O)CO)C(=O)C1c1ccc(Cl)cc1. The number of anilines is 1. The lowest BCUT2D eigenvalue weighted by Gasteiger charge is -2.35. The van der Waals surface area contributed by atoms with Gasteiger partial charge in [-0.2, -0.15) is 0 Å². The molecule has 4 rings (SSSR count). The fourth-order valence-corrected chi connectivity index (χ4v) is 5.04. The fourth-order valence-electron chi connectivity index (χ4n) is 4.30. The topological polar surface area (TPSA) is 118 Å². The number of nitrogens with zero attached hydrogens (tertiary/aromatic N) is 2. The lowest BCUT2D eigenvalue weighted by Crippen LogP contribution is -2.47. The number of carboxylic acid groups (broad SMARTS) is 1. The molecule has 192 valence electrons. The third kappa shape index (κ3) is 5.60. The number of aliphatic hydroxyl groups excluding tert-OH is 2. The number of benzene rings is 3. The van der Waals surface area contributed by atoms with E-state index in [1.807, 2.05) is 22.6 Å². The van der Waals surface area contributed by atoms with Crippen LogP contribution in [0.25, 0.3) is 0 Å². The maximum atomic E-state index is 14.2. The second kappa shape index (κ2) is 11.4. The van der Waals surface area contributed by atoms with Crippen molar-refractivity contribution < 1.29 is 29.7 Å². The Kier molecular flexibility index (Phi) is 8.39. The third-order valence-electron chi connectivity index (χ3n) is 5.98. The smallest absolute Gasteiger partial charge is 0.331 e. The predicted molar refractivity (Wildman–Crippen MR) is 147 cm³/mol. The summed E-state index contributed by atoms with van der Waals surface area (Å²) in [5, 5.41) is 30.9. The van der Waals surface area contributed by atoms with E-state index in [0.29, 0.717) is 19.2 Å². The standard InChI is InChI=1S/C26H21Cl2IN2O6/c27-16-5-1-14(2-6-16)22-25(35)30(12-19(33)13-32)21-10-9-18(29)11-20(21)24(34)31(22)23(26(36)37)15-3-7-17(28)8-4-15/h1-11,19,22-23,32-33H,12-13H2,(H,36,37)/t19-,22?,23?/m1/s1. The molecule has 0 spiro atoms. The molecule has 0 bridgehead atoms. The second-order valence-electron chi connectivity index (χ2n) is 8.41. The van der Waals surface area contributed by atoms with E-state index in [2.05, 4.69) is 0 Å². The number of fused-ring (bicyclic) bond motifs is 1. The summed E-state index contributed by atoms with van der Waals surface area (Å²) in [5.41, 5.74) is 0.855. The number of β-amino-alcohol motifs (C(OH)–C–C–N with tert-alkyl or cyclic N) is 1. The molecule has 0 saturated carbocycles. The number of hydrogen-bond donors (Lipinski definition) is 3. The molecular formula is C26H21Cl2IN2O6. The van der Waals surface area contributed by atoms with Gasteiger partial charge in [0.15, 0.2) is 6.04 Å². The van der Waals surface area contributed by atoms with E-state index in [9.17, 15) is 29.7 Å². The van der Waals surface area contributed by atoms with Crippen molar-refractivity contribution in [2.24, 2.45) is 0 Å². The first-order valence-electron chi connectivity index (χ1n) is 11.1. The molecular weight excluding hydrogens is 634 g/mol. The Balaban J connectivity index is 2.00. The largest absolute Gasteiger partial charge is 0.479 e. The predicted octanol–water partition coefficient (Wildman–Crippen LogP) is 4.31. The van der Waals surface area contributed by atoms with Gasteiger partial charge in [0.25, 0.3) is 11.8 Å². The van der Waals surface area contributed by atoms with Crippen molar-refractivity contribution in [2.75, 3.05) is 18.1 Å². The van der Waals surface area contributed by atoms with E-state index in [0.717, 1.165) is 4.90 Å². The van der Waals surface area contributed by atoms with Crippen molar-refractivity contribution in [1.82, 2.24) is 4.90 Å². The van der Waals surface area contributed by atoms with Gasteiger partial charge in [-0.1, -0.05) is 47.5 Å². The Morgan fingerprint density at radius 3 is 2.14 bits per heavy atom. The fraction of sp³-hybridized carbons (Fsp3) is 0.192. The van der Waals surface area contributed by atoms with Gasteiger partial charge in [0.1, 0.15) is 6.04 Å². The zero-order valence-electron chi connectivity index (χ0n) is 19.1. The van der Waals surface area contributed by atoms with Crippen LogP contribution in [0.5, 0.6) is 0 Å².